The van der Waals surface area contributed by atoms with Crippen LogP contribution >= 0.6 is 67.8 Å². The van der Waals surface area contributed by atoms with E-state index < -0.39 is 18.1 Å². The van der Waals surface area contributed by atoms with E-state index >= 15 is 0 Å². The molecule has 6 aliphatic heterocycles. The number of halogens is 3. The molecule has 7 unspecified atom stereocenters. The van der Waals surface area contributed by atoms with Crippen molar-refractivity contribution >= 4 is 91.2 Å². The van der Waals surface area contributed by atoms with Crippen molar-refractivity contribution < 1.29 is 29.0 Å². The first-order chi connectivity index (χ1) is 31.3. The lowest BCUT2D eigenvalue weighted by Gasteiger charge is -2.37. The molecular formula is C50H97I3N6O6. The Labute approximate surface area is 439 Å². The second-order valence-corrected chi connectivity index (χ2v) is 24.5. The second-order valence-electron chi connectivity index (χ2n) is 18.0. The molecular weight excluding hydrogens is 1160 g/mol. The number of aliphatic hydroxyl groups is 1. The predicted octanol–water partition coefficient (Wildman–Crippen LogP) is 9.66. The van der Waals surface area contributed by atoms with Crippen LogP contribution in [0.25, 0.3) is 0 Å². The average molecular weight is 1260 g/mol. The van der Waals surface area contributed by atoms with E-state index in [1.165, 1.54) is 121 Å². The van der Waals surface area contributed by atoms with Crippen molar-refractivity contribution in [2.45, 2.75) is 229 Å². The number of Topliss-reactive ketones (excluding diaryl/α,β-unsaturated/α-hetero) is 2. The first-order valence-corrected chi connectivity index (χ1v) is 29.9. The summed E-state index contributed by atoms with van der Waals surface area (Å²) in [4.78, 5) is 52.5. The number of piperazine rings is 2. The standard InChI is InChI=1S/C12H21NO3.C9H14N2O2.C8H16N2O.C6H13N.C5H10I2.C5H11I.C5H12/c1-4-10-7-6-8-13(10)11(9(3)14)12(15)16-5-2;1-6(12)8-9(13)10-5-7-3-2-4-11(7)8;11-6-8-5-9-4-7-2-1-3-10(7)8;1-2-6-4-3-5-7-6;1-2-3-4-5(6)7;1-2-3-4-5-6;1-3-5-4-2/h10-11H,4-8H2,1-3H3;7-8H,2-5H2,1H3,(H,10,13);7-9,11H,1-6H2;6-7H,2-5H2,1H3;5H,2-4H2,1H3;2-5H2,1H3;3-5H2,1-2H3. The molecule has 0 spiro atoms. The Bertz CT molecular complexity index is 1210. The number of hydrogen-bond acceptors (Lipinski definition) is 11. The van der Waals surface area contributed by atoms with Gasteiger partial charge < -0.3 is 25.8 Å². The van der Waals surface area contributed by atoms with E-state index in [2.05, 4.69) is 130 Å². The minimum Gasteiger partial charge on any atom is -0.464 e. The van der Waals surface area contributed by atoms with Gasteiger partial charge in [-0.15, -0.1) is 0 Å². The maximum absolute atomic E-state index is 11.7. The molecule has 6 fully saturated rings. The van der Waals surface area contributed by atoms with Crippen LogP contribution in [-0.4, -0.2) is 151 Å². The molecule has 6 aliphatic rings. The van der Waals surface area contributed by atoms with Crippen molar-refractivity contribution in [2.24, 2.45) is 0 Å². The highest BCUT2D eigenvalue weighted by molar-refractivity contribution is 14.2. The van der Waals surface area contributed by atoms with Gasteiger partial charge in [0.1, 0.15) is 6.04 Å². The van der Waals surface area contributed by atoms with Crippen LogP contribution in [0.15, 0.2) is 0 Å². The lowest BCUT2D eigenvalue weighted by Crippen LogP contribution is -2.60. The fourth-order valence-corrected chi connectivity index (χ4v) is 10.5. The molecule has 384 valence electrons. The third kappa shape index (κ3) is 28.0. The summed E-state index contributed by atoms with van der Waals surface area (Å²) < 4.78 is 7.14. The molecule has 0 aromatic carbocycles. The first-order valence-electron chi connectivity index (χ1n) is 25.9. The Kier molecular flexibility index (Phi) is 42.1. The molecule has 7 atom stereocenters. The van der Waals surface area contributed by atoms with E-state index in [9.17, 15) is 19.2 Å². The van der Waals surface area contributed by atoms with Crippen molar-refractivity contribution in [2.75, 3.05) is 63.5 Å². The van der Waals surface area contributed by atoms with Gasteiger partial charge >= 0.3 is 5.97 Å². The highest BCUT2D eigenvalue weighted by Gasteiger charge is 2.41. The second kappa shape index (κ2) is 42.0. The first kappa shape index (κ1) is 65.2. The van der Waals surface area contributed by atoms with Crippen LogP contribution in [0.4, 0.5) is 0 Å². The Hall–Kier alpha value is 0.230. The molecule has 0 saturated carbocycles. The quantitative estimate of drug-likeness (QED) is 0.0386. The van der Waals surface area contributed by atoms with Crippen molar-refractivity contribution in [1.29, 1.82) is 0 Å². The number of carbonyl (C=O) groups is 4. The molecule has 0 aliphatic carbocycles. The molecule has 0 aromatic heterocycles. The van der Waals surface area contributed by atoms with Crippen LogP contribution in [0, 0.1) is 0 Å². The van der Waals surface area contributed by atoms with E-state index in [0.29, 0.717) is 43.9 Å². The summed E-state index contributed by atoms with van der Waals surface area (Å²) >= 11 is 7.32. The molecule has 6 saturated heterocycles. The molecule has 6 rings (SSSR count). The Morgan fingerprint density at radius 1 is 0.738 bits per heavy atom. The van der Waals surface area contributed by atoms with E-state index in [1.54, 1.807) is 6.92 Å². The van der Waals surface area contributed by atoms with Gasteiger partial charge in [0, 0.05) is 49.8 Å². The molecule has 6 heterocycles. The number of ketones is 2. The number of unbranched alkanes of at least 4 members (excludes halogenated alkanes) is 5. The highest BCUT2D eigenvalue weighted by Crippen LogP contribution is 2.25. The van der Waals surface area contributed by atoms with Gasteiger partial charge in [0.15, 0.2) is 17.6 Å². The number of rotatable bonds is 16. The van der Waals surface area contributed by atoms with Crippen molar-refractivity contribution in [3.8, 4) is 0 Å². The number of fused-ring (bicyclic) bond motifs is 2. The lowest BCUT2D eigenvalue weighted by atomic mass is 10.1. The van der Waals surface area contributed by atoms with Crippen LogP contribution in [0.2, 0.25) is 0 Å². The zero-order valence-corrected chi connectivity index (χ0v) is 49.1. The number of carbonyl (C=O) groups excluding carboxylic acids is 4. The molecule has 0 aromatic rings. The Morgan fingerprint density at radius 3 is 1.78 bits per heavy atom. The van der Waals surface area contributed by atoms with Crippen molar-refractivity contribution in [1.82, 2.24) is 30.7 Å². The van der Waals surface area contributed by atoms with Crippen molar-refractivity contribution in [3.05, 3.63) is 0 Å². The lowest BCUT2D eigenvalue weighted by molar-refractivity contribution is -0.153. The van der Waals surface area contributed by atoms with Gasteiger partial charge in [-0.05, 0) is 128 Å². The number of hydrogen-bond donors (Lipinski definition) is 4. The van der Waals surface area contributed by atoms with E-state index in [0.717, 1.165) is 66.3 Å². The number of esters is 1. The number of nitrogens with zero attached hydrogens (tertiary/aromatic N) is 3. The zero-order valence-electron chi connectivity index (χ0n) is 42.6. The summed E-state index contributed by atoms with van der Waals surface area (Å²) in [5.41, 5.74) is 0. The summed E-state index contributed by atoms with van der Waals surface area (Å²) in [5, 5.41) is 18.6. The minimum absolute atomic E-state index is 0.0379. The van der Waals surface area contributed by atoms with Gasteiger partial charge in [0.25, 0.3) is 0 Å². The monoisotopic (exact) mass is 1260 g/mol. The fraction of sp³-hybridized carbons (Fsp3) is 0.920. The van der Waals surface area contributed by atoms with Crippen LogP contribution in [0.5, 0.6) is 0 Å². The van der Waals surface area contributed by atoms with E-state index in [4.69, 9.17) is 9.84 Å². The molecule has 1 amide bonds. The Balaban J connectivity index is 0.000000764. The van der Waals surface area contributed by atoms with Gasteiger partial charge in [0.05, 0.1) is 15.1 Å². The number of likely N-dealkylation sites (tertiary alicyclic amines) is 1. The summed E-state index contributed by atoms with van der Waals surface area (Å²) in [7, 11) is 0. The normalized spacial score (nSPS) is 25.0. The van der Waals surface area contributed by atoms with Gasteiger partial charge in [-0.1, -0.05) is 154 Å². The largest absolute Gasteiger partial charge is 0.464 e. The maximum Gasteiger partial charge on any atom is 0.331 e. The number of nitrogens with one attached hydrogen (secondary N) is 3. The molecule has 65 heavy (non-hydrogen) atoms. The zero-order chi connectivity index (χ0) is 49.0. The van der Waals surface area contributed by atoms with Crippen LogP contribution in [0.1, 0.15) is 184 Å². The van der Waals surface area contributed by atoms with Gasteiger partial charge in [-0.2, -0.15) is 0 Å². The average Bonchev–Trinajstić information content (AvgIpc) is 4.15. The number of alkyl halides is 3. The van der Waals surface area contributed by atoms with Gasteiger partial charge in [0.2, 0.25) is 5.91 Å². The highest BCUT2D eigenvalue weighted by atomic mass is 127. The summed E-state index contributed by atoms with van der Waals surface area (Å²) in [6.07, 6.45) is 24.3. The van der Waals surface area contributed by atoms with Crippen LogP contribution < -0.4 is 16.0 Å². The predicted molar refractivity (Wildman–Crippen MR) is 298 cm³/mol. The summed E-state index contributed by atoms with van der Waals surface area (Å²) in [5.74, 6) is -0.663. The third-order valence-electron chi connectivity index (χ3n) is 12.8. The van der Waals surface area contributed by atoms with Gasteiger partial charge in [-0.3, -0.25) is 29.1 Å². The molecule has 12 nitrogen and oxygen atoms in total. The fourth-order valence-electron chi connectivity index (χ4n) is 9.12. The number of ether oxygens (including phenoxy) is 1. The summed E-state index contributed by atoms with van der Waals surface area (Å²) in [6, 6.07) is 1.48. The Morgan fingerprint density at radius 2 is 1.35 bits per heavy atom. The maximum atomic E-state index is 11.7. The van der Waals surface area contributed by atoms with Crippen LogP contribution in [0.3, 0.4) is 0 Å². The molecule has 4 N–H and O–H groups in total. The number of aliphatic hydroxyl groups excluding tert-OH is 1. The van der Waals surface area contributed by atoms with Crippen molar-refractivity contribution in [3.63, 3.8) is 0 Å². The SMILES string of the molecule is CC(=O)C1C(=O)NCC2CCCN21.CCC1CCCN1.CCCCC.CCCCC(I)I.CCCCCI.CCOC(=O)C(C(C)=O)N1CCCC1CC.OCC1CNCC2CCCN12. The van der Waals surface area contributed by atoms with E-state index in [1.807, 2.05) is 9.80 Å². The molecule has 15 heteroatoms. The van der Waals surface area contributed by atoms with Crippen LogP contribution in [-0.2, 0) is 23.9 Å². The topological polar surface area (TPSA) is 144 Å². The molecule has 0 radical (unpaired) electrons. The smallest absolute Gasteiger partial charge is 0.331 e. The number of amides is 1. The van der Waals surface area contributed by atoms with E-state index in [-0.39, 0.29) is 17.5 Å². The minimum atomic E-state index is -0.688. The van der Waals surface area contributed by atoms with Gasteiger partial charge in [-0.25, -0.2) is 4.79 Å². The molecule has 0 bridgehead atoms. The third-order valence-corrected chi connectivity index (χ3v) is 14.8. The summed E-state index contributed by atoms with van der Waals surface area (Å²) in [6.45, 7) is 25.5.